The maximum absolute atomic E-state index is 12.9. The number of hydrogen-bond donors (Lipinski definition) is 3. The molecule has 11 heteroatoms. The van der Waals surface area contributed by atoms with E-state index < -0.39 is 18.0 Å². The van der Waals surface area contributed by atoms with Crippen LogP contribution in [0, 0.1) is 0 Å². The average molecular weight is 641 g/mol. The first-order chi connectivity index (χ1) is 22.0. The summed E-state index contributed by atoms with van der Waals surface area (Å²) in [6.07, 6.45) is 3.95. The Labute approximate surface area is 273 Å². The number of aliphatic carboxylic acids is 2. The second-order valence-electron chi connectivity index (χ2n) is 11.8. The molecule has 0 aliphatic carbocycles. The number of carbonyl (C=O) groups is 4. The van der Waals surface area contributed by atoms with Crippen LogP contribution in [-0.2, 0) is 43.2 Å². The zero-order valence-electron chi connectivity index (χ0n) is 27.4. The molecule has 1 atom stereocenters. The molecule has 0 radical (unpaired) electrons. The lowest BCUT2D eigenvalue weighted by molar-refractivity contribution is -0.139. The van der Waals surface area contributed by atoms with Crippen molar-refractivity contribution < 1.29 is 34.1 Å². The largest absolute Gasteiger partial charge is 0.480 e. The fourth-order valence-electron chi connectivity index (χ4n) is 4.99. The van der Waals surface area contributed by atoms with Gasteiger partial charge in [-0.1, -0.05) is 61.5 Å². The standard InChI is InChI=1S/C35H52N4O7/c1-3-38(26-35(44)45)21-22-39(20-19-37(2)25-34(42)43)24-31(40)17-15-30-13-11-29(12-14-30)10-7-23-46-27-33(41)32(36)18-16-28-8-5-4-6-9-28/h4-6,8-9,11-14,32H,3,7,10,15-27,36H2,1-2H3,(H,42,43)(H,44,45)/t32-/m1/s1. The lowest BCUT2D eigenvalue weighted by Gasteiger charge is -2.27. The molecule has 0 spiro atoms. The lowest BCUT2D eigenvalue weighted by atomic mass is 10.0. The van der Waals surface area contributed by atoms with Crippen LogP contribution in [0.4, 0.5) is 0 Å². The number of carboxylic acids is 2. The fraction of sp³-hybridized carbons (Fsp3) is 0.543. The molecule has 0 saturated heterocycles. The Morgan fingerprint density at radius 2 is 1.35 bits per heavy atom. The molecule has 0 amide bonds. The summed E-state index contributed by atoms with van der Waals surface area (Å²) in [4.78, 5) is 52.8. The Hall–Kier alpha value is -3.48. The zero-order chi connectivity index (χ0) is 33.7. The Morgan fingerprint density at radius 3 is 1.98 bits per heavy atom. The summed E-state index contributed by atoms with van der Waals surface area (Å²) in [5.41, 5.74) is 9.43. The molecule has 0 aromatic heterocycles. The van der Waals surface area contributed by atoms with E-state index >= 15 is 0 Å². The van der Waals surface area contributed by atoms with Gasteiger partial charge in [-0.15, -0.1) is 0 Å². The van der Waals surface area contributed by atoms with Crippen LogP contribution in [-0.4, -0.2) is 127 Å². The van der Waals surface area contributed by atoms with E-state index in [0.29, 0.717) is 58.6 Å². The predicted octanol–water partition coefficient (Wildman–Crippen LogP) is 2.39. The van der Waals surface area contributed by atoms with Gasteiger partial charge in [-0.05, 0) is 62.4 Å². The summed E-state index contributed by atoms with van der Waals surface area (Å²) < 4.78 is 5.58. The maximum Gasteiger partial charge on any atom is 0.317 e. The number of ether oxygens (including phenoxy) is 1. The fourth-order valence-corrected chi connectivity index (χ4v) is 4.99. The Kier molecular flexibility index (Phi) is 18.6. The summed E-state index contributed by atoms with van der Waals surface area (Å²) in [6, 6.07) is 17.6. The number of nitrogens with two attached hydrogens (primary N) is 1. The molecule has 11 nitrogen and oxygen atoms in total. The quantitative estimate of drug-likeness (QED) is 0.130. The summed E-state index contributed by atoms with van der Waals surface area (Å²) in [7, 11) is 1.72. The lowest BCUT2D eigenvalue weighted by Crippen LogP contribution is -2.43. The number of aryl methyl sites for hydroxylation is 3. The number of ketones is 2. The molecule has 2 aromatic rings. The van der Waals surface area contributed by atoms with E-state index in [0.717, 1.165) is 36.0 Å². The highest BCUT2D eigenvalue weighted by Gasteiger charge is 2.16. The molecule has 0 bridgehead atoms. The van der Waals surface area contributed by atoms with Crippen molar-refractivity contribution in [1.29, 1.82) is 0 Å². The molecule has 46 heavy (non-hydrogen) atoms. The van der Waals surface area contributed by atoms with Crippen LogP contribution in [0.2, 0.25) is 0 Å². The molecular weight excluding hydrogens is 588 g/mol. The van der Waals surface area contributed by atoms with E-state index in [1.807, 2.05) is 54.3 Å². The Morgan fingerprint density at radius 1 is 0.761 bits per heavy atom. The highest BCUT2D eigenvalue weighted by Crippen LogP contribution is 2.10. The molecule has 0 aliphatic heterocycles. The van der Waals surface area contributed by atoms with Gasteiger partial charge in [0.05, 0.1) is 25.7 Å². The third-order valence-corrected chi connectivity index (χ3v) is 7.86. The Bertz CT molecular complexity index is 1190. The van der Waals surface area contributed by atoms with Crippen LogP contribution >= 0.6 is 0 Å². The normalized spacial score (nSPS) is 12.1. The van der Waals surface area contributed by atoms with Crippen molar-refractivity contribution in [3.05, 3.63) is 71.3 Å². The van der Waals surface area contributed by atoms with Gasteiger partial charge in [0.2, 0.25) is 0 Å². The van der Waals surface area contributed by atoms with Gasteiger partial charge in [-0.3, -0.25) is 33.9 Å². The van der Waals surface area contributed by atoms with E-state index in [2.05, 4.69) is 12.1 Å². The highest BCUT2D eigenvalue weighted by atomic mass is 16.5. The molecule has 0 aliphatic rings. The minimum atomic E-state index is -0.912. The number of carboxylic acid groups (broad SMARTS) is 2. The average Bonchev–Trinajstić information content (AvgIpc) is 3.03. The molecule has 2 aromatic carbocycles. The zero-order valence-corrected chi connectivity index (χ0v) is 27.4. The van der Waals surface area contributed by atoms with Gasteiger partial charge in [0, 0.05) is 39.2 Å². The molecule has 0 heterocycles. The summed E-state index contributed by atoms with van der Waals surface area (Å²) >= 11 is 0. The summed E-state index contributed by atoms with van der Waals surface area (Å²) in [5.74, 6) is -1.81. The van der Waals surface area contributed by atoms with Gasteiger partial charge < -0.3 is 20.7 Å². The SMILES string of the molecule is CCN(CCN(CCN(C)CC(=O)O)CC(=O)CCc1ccc(CCCOCC(=O)[C@H](N)CCc2ccccc2)cc1)CC(=O)O. The van der Waals surface area contributed by atoms with E-state index in [1.54, 1.807) is 16.8 Å². The summed E-state index contributed by atoms with van der Waals surface area (Å²) in [6.45, 7) is 5.06. The topological polar surface area (TPSA) is 154 Å². The first-order valence-corrected chi connectivity index (χ1v) is 16.1. The molecule has 2 rings (SSSR count). The number of likely N-dealkylation sites (N-methyl/N-ethyl adjacent to an activating group) is 2. The van der Waals surface area contributed by atoms with E-state index in [-0.39, 0.29) is 37.8 Å². The van der Waals surface area contributed by atoms with Crippen LogP contribution < -0.4 is 5.73 Å². The van der Waals surface area contributed by atoms with Crippen molar-refractivity contribution in [3.8, 4) is 0 Å². The first-order valence-electron chi connectivity index (χ1n) is 16.1. The number of hydrogen-bond acceptors (Lipinski definition) is 9. The second-order valence-corrected chi connectivity index (χ2v) is 11.8. The van der Waals surface area contributed by atoms with Gasteiger partial charge in [0.1, 0.15) is 12.4 Å². The molecule has 4 N–H and O–H groups in total. The smallest absolute Gasteiger partial charge is 0.317 e. The molecule has 254 valence electrons. The van der Waals surface area contributed by atoms with Crippen molar-refractivity contribution >= 4 is 23.5 Å². The van der Waals surface area contributed by atoms with Gasteiger partial charge >= 0.3 is 11.9 Å². The van der Waals surface area contributed by atoms with Crippen molar-refractivity contribution in [3.63, 3.8) is 0 Å². The molecule has 0 saturated carbocycles. The van der Waals surface area contributed by atoms with Crippen LogP contribution in [0.3, 0.4) is 0 Å². The van der Waals surface area contributed by atoms with Crippen LogP contribution in [0.5, 0.6) is 0 Å². The molecule has 0 fully saturated rings. The van der Waals surface area contributed by atoms with Crippen molar-refractivity contribution in [1.82, 2.24) is 14.7 Å². The van der Waals surface area contributed by atoms with Crippen molar-refractivity contribution in [2.75, 3.05) is 72.6 Å². The molecular formula is C35H52N4O7. The van der Waals surface area contributed by atoms with Crippen LogP contribution in [0.25, 0.3) is 0 Å². The van der Waals surface area contributed by atoms with Gasteiger partial charge in [0.15, 0.2) is 5.78 Å². The number of rotatable bonds is 26. The van der Waals surface area contributed by atoms with Gasteiger partial charge in [-0.25, -0.2) is 0 Å². The number of nitrogens with zero attached hydrogens (tertiary/aromatic N) is 3. The second kappa shape index (κ2) is 22.1. The highest BCUT2D eigenvalue weighted by molar-refractivity contribution is 5.84. The predicted molar refractivity (Wildman–Crippen MR) is 178 cm³/mol. The van der Waals surface area contributed by atoms with E-state index in [4.69, 9.17) is 20.7 Å². The number of benzene rings is 2. The number of Topliss-reactive ketones (excluding diaryl/α,β-unsaturated/α-hetero) is 2. The monoisotopic (exact) mass is 640 g/mol. The molecule has 0 unspecified atom stereocenters. The Balaban J connectivity index is 1.71. The minimum absolute atomic E-state index is 0.0264. The van der Waals surface area contributed by atoms with Crippen molar-refractivity contribution in [2.45, 2.75) is 51.5 Å². The third kappa shape index (κ3) is 17.3. The number of carbonyl (C=O) groups excluding carboxylic acids is 2. The third-order valence-electron chi connectivity index (χ3n) is 7.86. The van der Waals surface area contributed by atoms with E-state index in [1.165, 1.54) is 0 Å². The summed E-state index contributed by atoms with van der Waals surface area (Å²) in [5, 5.41) is 18.2. The van der Waals surface area contributed by atoms with Crippen LogP contribution in [0.1, 0.15) is 42.9 Å². The van der Waals surface area contributed by atoms with Crippen molar-refractivity contribution in [2.24, 2.45) is 5.73 Å². The first kappa shape index (κ1) is 38.7. The van der Waals surface area contributed by atoms with Gasteiger partial charge in [0.25, 0.3) is 0 Å². The van der Waals surface area contributed by atoms with Crippen LogP contribution in [0.15, 0.2) is 54.6 Å². The van der Waals surface area contributed by atoms with E-state index in [9.17, 15) is 19.2 Å². The minimum Gasteiger partial charge on any atom is -0.480 e. The maximum atomic E-state index is 12.9. The van der Waals surface area contributed by atoms with Gasteiger partial charge in [-0.2, -0.15) is 0 Å².